The van der Waals surface area contributed by atoms with Gasteiger partial charge in [0.05, 0.1) is 18.9 Å². The minimum absolute atomic E-state index is 0.249. The summed E-state index contributed by atoms with van der Waals surface area (Å²) in [7, 11) is 1.56. The van der Waals surface area contributed by atoms with Gasteiger partial charge in [0.15, 0.2) is 0 Å². The average Bonchev–Trinajstić information content (AvgIpc) is 3.32. The molecule has 0 unspecified atom stereocenters. The van der Waals surface area contributed by atoms with E-state index in [4.69, 9.17) is 13.8 Å². The fourth-order valence-electron chi connectivity index (χ4n) is 2.28. The summed E-state index contributed by atoms with van der Waals surface area (Å²) in [6.07, 6.45) is 3.23. The van der Waals surface area contributed by atoms with Gasteiger partial charge in [-0.1, -0.05) is 40.6 Å². The van der Waals surface area contributed by atoms with Gasteiger partial charge >= 0.3 is 0 Å². The SMILES string of the molecule is COc1cnccc1-c1noc(-c2cc(-c3ccccc3)no2)n1. The first kappa shape index (κ1) is 14.1. The predicted molar refractivity (Wildman–Crippen MR) is 85.0 cm³/mol. The molecule has 0 aliphatic rings. The van der Waals surface area contributed by atoms with Gasteiger partial charge in [-0.2, -0.15) is 4.98 Å². The van der Waals surface area contributed by atoms with Crippen LogP contribution < -0.4 is 4.74 Å². The van der Waals surface area contributed by atoms with Crippen LogP contribution >= 0.6 is 0 Å². The first-order valence-electron chi connectivity index (χ1n) is 7.20. The highest BCUT2D eigenvalue weighted by Crippen LogP contribution is 2.30. The minimum Gasteiger partial charge on any atom is -0.494 e. The lowest BCUT2D eigenvalue weighted by Gasteiger charge is -2.02. The van der Waals surface area contributed by atoms with E-state index in [2.05, 4.69) is 20.3 Å². The maximum absolute atomic E-state index is 5.32. The fourth-order valence-corrected chi connectivity index (χ4v) is 2.28. The number of ether oxygens (including phenoxy) is 1. The largest absolute Gasteiger partial charge is 0.494 e. The standard InChI is InChI=1S/C17H12N4O3/c1-22-15-10-18-8-7-12(15)16-19-17(24-21-16)14-9-13(20-23-14)11-5-3-2-4-6-11/h2-10H,1H3. The zero-order chi connectivity index (χ0) is 16.4. The Morgan fingerprint density at radius 3 is 2.71 bits per heavy atom. The second kappa shape index (κ2) is 5.96. The zero-order valence-corrected chi connectivity index (χ0v) is 12.7. The second-order valence-corrected chi connectivity index (χ2v) is 4.94. The summed E-state index contributed by atoms with van der Waals surface area (Å²) < 4.78 is 15.9. The van der Waals surface area contributed by atoms with Crippen LogP contribution in [0, 0.1) is 0 Å². The van der Waals surface area contributed by atoms with Gasteiger partial charge in [-0.15, -0.1) is 0 Å². The predicted octanol–water partition coefficient (Wildman–Crippen LogP) is 3.46. The molecular formula is C17H12N4O3. The molecule has 0 fully saturated rings. The van der Waals surface area contributed by atoms with Crippen molar-refractivity contribution in [3.63, 3.8) is 0 Å². The van der Waals surface area contributed by atoms with Crippen LogP contribution in [0.15, 0.2) is 63.9 Å². The normalized spacial score (nSPS) is 10.7. The monoisotopic (exact) mass is 320 g/mol. The lowest BCUT2D eigenvalue weighted by molar-refractivity contribution is 0.386. The number of benzene rings is 1. The van der Waals surface area contributed by atoms with Crippen molar-refractivity contribution >= 4 is 0 Å². The molecule has 1 aromatic carbocycles. The van der Waals surface area contributed by atoms with Crippen molar-refractivity contribution in [3.8, 4) is 40.0 Å². The van der Waals surface area contributed by atoms with Crippen molar-refractivity contribution in [2.75, 3.05) is 7.11 Å². The molecule has 0 amide bonds. The lowest BCUT2D eigenvalue weighted by Crippen LogP contribution is -1.90. The van der Waals surface area contributed by atoms with Crippen LogP contribution in [0.3, 0.4) is 0 Å². The Labute approximate surface area is 136 Å². The molecule has 4 aromatic rings. The van der Waals surface area contributed by atoms with Gasteiger partial charge in [-0.05, 0) is 6.07 Å². The maximum Gasteiger partial charge on any atom is 0.296 e. The molecule has 0 atom stereocenters. The third-order valence-corrected chi connectivity index (χ3v) is 3.46. The summed E-state index contributed by atoms with van der Waals surface area (Å²) in [5.74, 6) is 1.61. The molecule has 7 heteroatoms. The van der Waals surface area contributed by atoms with Crippen molar-refractivity contribution < 1.29 is 13.8 Å². The van der Waals surface area contributed by atoms with Crippen LogP contribution in [0.2, 0.25) is 0 Å². The van der Waals surface area contributed by atoms with Gasteiger partial charge in [0.2, 0.25) is 11.6 Å². The van der Waals surface area contributed by atoms with Crippen LogP contribution in [0.1, 0.15) is 0 Å². The molecule has 118 valence electrons. The molecule has 7 nitrogen and oxygen atoms in total. The molecule has 0 radical (unpaired) electrons. The summed E-state index contributed by atoms with van der Waals surface area (Å²) in [4.78, 5) is 8.35. The molecule has 3 heterocycles. The minimum atomic E-state index is 0.249. The van der Waals surface area contributed by atoms with E-state index in [-0.39, 0.29) is 5.89 Å². The van der Waals surface area contributed by atoms with Crippen LogP contribution in [-0.4, -0.2) is 27.4 Å². The number of hydrogen-bond acceptors (Lipinski definition) is 7. The molecule has 0 saturated heterocycles. The van der Waals surface area contributed by atoms with E-state index in [0.717, 1.165) is 5.56 Å². The summed E-state index contributed by atoms with van der Waals surface area (Å²) in [5.41, 5.74) is 2.33. The molecule has 24 heavy (non-hydrogen) atoms. The van der Waals surface area contributed by atoms with Crippen LogP contribution in [0.5, 0.6) is 5.75 Å². The Bertz CT molecular complexity index is 963. The average molecular weight is 320 g/mol. The molecule has 0 saturated carbocycles. The van der Waals surface area contributed by atoms with Crippen LogP contribution in [0.25, 0.3) is 34.3 Å². The van der Waals surface area contributed by atoms with Gasteiger partial charge in [0.25, 0.3) is 5.89 Å². The Hall–Kier alpha value is -3.48. The lowest BCUT2D eigenvalue weighted by atomic mass is 10.1. The number of aromatic nitrogens is 4. The molecule has 4 rings (SSSR count). The number of methoxy groups -OCH3 is 1. The zero-order valence-electron chi connectivity index (χ0n) is 12.7. The number of rotatable bonds is 4. The molecule has 0 aliphatic carbocycles. The van der Waals surface area contributed by atoms with Crippen molar-refractivity contribution in [1.82, 2.24) is 20.3 Å². The summed E-state index contributed by atoms with van der Waals surface area (Å²) in [6, 6.07) is 13.2. The van der Waals surface area contributed by atoms with Crippen molar-refractivity contribution in [1.29, 1.82) is 0 Å². The van der Waals surface area contributed by atoms with Crippen LogP contribution in [-0.2, 0) is 0 Å². The number of hydrogen-bond donors (Lipinski definition) is 0. The highest BCUT2D eigenvalue weighted by molar-refractivity contribution is 5.66. The van der Waals surface area contributed by atoms with Gasteiger partial charge in [0.1, 0.15) is 11.4 Å². The second-order valence-electron chi connectivity index (χ2n) is 4.94. The molecule has 0 N–H and O–H groups in total. The molecule has 0 spiro atoms. The van der Waals surface area contributed by atoms with Crippen molar-refractivity contribution in [2.24, 2.45) is 0 Å². The van der Waals surface area contributed by atoms with E-state index in [0.29, 0.717) is 28.6 Å². The van der Waals surface area contributed by atoms with E-state index >= 15 is 0 Å². The Kier molecular flexibility index (Phi) is 3.51. The van der Waals surface area contributed by atoms with Gasteiger partial charge in [0, 0.05) is 17.8 Å². The van der Waals surface area contributed by atoms with Gasteiger partial charge in [-0.25, -0.2) is 0 Å². The van der Waals surface area contributed by atoms with Crippen molar-refractivity contribution in [2.45, 2.75) is 0 Å². The summed E-state index contributed by atoms with van der Waals surface area (Å²) >= 11 is 0. The highest BCUT2D eigenvalue weighted by Gasteiger charge is 2.18. The Balaban J connectivity index is 1.67. The third-order valence-electron chi connectivity index (χ3n) is 3.46. The molecular weight excluding hydrogens is 308 g/mol. The Morgan fingerprint density at radius 2 is 1.88 bits per heavy atom. The van der Waals surface area contributed by atoms with Gasteiger partial charge < -0.3 is 13.8 Å². The van der Waals surface area contributed by atoms with E-state index in [1.54, 1.807) is 31.6 Å². The first-order chi connectivity index (χ1) is 11.8. The fraction of sp³-hybridized carbons (Fsp3) is 0.0588. The Morgan fingerprint density at radius 1 is 1.00 bits per heavy atom. The van der Waals surface area contributed by atoms with Crippen molar-refractivity contribution in [3.05, 3.63) is 54.9 Å². The number of pyridine rings is 1. The van der Waals surface area contributed by atoms with E-state index in [1.165, 1.54) is 0 Å². The highest BCUT2D eigenvalue weighted by atomic mass is 16.5. The summed E-state index contributed by atoms with van der Waals surface area (Å²) in [6.45, 7) is 0. The van der Waals surface area contributed by atoms with Gasteiger partial charge in [-0.3, -0.25) is 4.98 Å². The topological polar surface area (TPSA) is 87.1 Å². The van der Waals surface area contributed by atoms with E-state index < -0.39 is 0 Å². The van der Waals surface area contributed by atoms with Crippen LogP contribution in [0.4, 0.5) is 0 Å². The first-order valence-corrected chi connectivity index (χ1v) is 7.20. The quantitative estimate of drug-likeness (QED) is 0.569. The summed E-state index contributed by atoms with van der Waals surface area (Å²) in [5, 5.41) is 8.01. The molecule has 0 bridgehead atoms. The van der Waals surface area contributed by atoms with E-state index in [9.17, 15) is 0 Å². The molecule has 0 aliphatic heterocycles. The maximum atomic E-state index is 5.32. The number of nitrogens with zero attached hydrogens (tertiary/aromatic N) is 4. The van der Waals surface area contributed by atoms with E-state index in [1.807, 2.05) is 30.3 Å². The smallest absolute Gasteiger partial charge is 0.296 e. The third kappa shape index (κ3) is 2.52. The molecule has 3 aromatic heterocycles.